The standard InChI is InChI=1S/C22H18N2O3/c1-2-17-20(22(26)27-14-15-8-4-3-5-9-15)19(13-25)24-21(17)18-11-7-6-10-16(18)12-23/h3-11,13,24H,2,14H2,1H3. The van der Waals surface area contributed by atoms with Gasteiger partial charge < -0.3 is 9.72 Å². The van der Waals surface area contributed by atoms with E-state index < -0.39 is 5.97 Å². The van der Waals surface area contributed by atoms with Gasteiger partial charge in [-0.15, -0.1) is 0 Å². The molecule has 5 heteroatoms. The maximum absolute atomic E-state index is 12.7. The second kappa shape index (κ2) is 8.15. The summed E-state index contributed by atoms with van der Waals surface area (Å²) >= 11 is 0. The molecule has 1 aromatic heterocycles. The zero-order valence-electron chi connectivity index (χ0n) is 14.9. The van der Waals surface area contributed by atoms with E-state index in [0.29, 0.717) is 35.1 Å². The van der Waals surface area contributed by atoms with Gasteiger partial charge in [0.05, 0.1) is 28.6 Å². The van der Waals surface area contributed by atoms with E-state index in [1.165, 1.54) is 0 Å². The molecule has 2 aromatic carbocycles. The van der Waals surface area contributed by atoms with Gasteiger partial charge in [0, 0.05) is 5.56 Å². The van der Waals surface area contributed by atoms with Gasteiger partial charge in [-0.05, 0) is 23.6 Å². The Morgan fingerprint density at radius 3 is 2.52 bits per heavy atom. The summed E-state index contributed by atoms with van der Waals surface area (Å²) in [5.41, 5.74) is 3.64. The number of ether oxygens (including phenoxy) is 1. The number of carbonyl (C=O) groups is 2. The average Bonchev–Trinajstić information content (AvgIpc) is 3.11. The Bertz CT molecular complexity index is 1010. The van der Waals surface area contributed by atoms with E-state index in [1.54, 1.807) is 18.2 Å². The van der Waals surface area contributed by atoms with E-state index in [4.69, 9.17) is 4.74 Å². The number of esters is 1. The first kappa shape index (κ1) is 18.2. The van der Waals surface area contributed by atoms with Gasteiger partial charge in [-0.2, -0.15) is 5.26 Å². The molecule has 0 aliphatic carbocycles. The maximum Gasteiger partial charge on any atom is 0.341 e. The number of aromatic amines is 1. The molecule has 0 atom stereocenters. The largest absolute Gasteiger partial charge is 0.457 e. The molecular formula is C22H18N2O3. The van der Waals surface area contributed by atoms with E-state index in [2.05, 4.69) is 11.1 Å². The average molecular weight is 358 g/mol. The van der Waals surface area contributed by atoms with E-state index in [0.717, 1.165) is 5.56 Å². The summed E-state index contributed by atoms with van der Waals surface area (Å²) in [5, 5.41) is 9.37. The van der Waals surface area contributed by atoms with Crippen molar-refractivity contribution < 1.29 is 14.3 Å². The molecule has 1 N–H and O–H groups in total. The van der Waals surface area contributed by atoms with Crippen LogP contribution in [0.5, 0.6) is 0 Å². The minimum absolute atomic E-state index is 0.121. The van der Waals surface area contributed by atoms with Crippen molar-refractivity contribution in [2.45, 2.75) is 20.0 Å². The summed E-state index contributed by atoms with van der Waals surface area (Å²) in [6.07, 6.45) is 1.12. The van der Waals surface area contributed by atoms with Crippen molar-refractivity contribution in [3.05, 3.63) is 82.5 Å². The van der Waals surface area contributed by atoms with Crippen LogP contribution in [0.1, 0.15) is 44.5 Å². The fourth-order valence-electron chi connectivity index (χ4n) is 3.06. The van der Waals surface area contributed by atoms with Gasteiger partial charge in [-0.25, -0.2) is 4.79 Å². The lowest BCUT2D eigenvalue weighted by atomic mass is 9.98. The number of rotatable bonds is 6. The zero-order valence-corrected chi connectivity index (χ0v) is 14.9. The molecule has 0 saturated carbocycles. The van der Waals surface area contributed by atoms with Crippen LogP contribution in [-0.4, -0.2) is 17.2 Å². The lowest BCUT2D eigenvalue weighted by Crippen LogP contribution is -2.09. The molecule has 0 saturated heterocycles. The molecule has 1 heterocycles. The summed E-state index contributed by atoms with van der Waals surface area (Å²) in [4.78, 5) is 27.3. The number of hydrogen-bond donors (Lipinski definition) is 1. The number of benzene rings is 2. The Balaban J connectivity index is 2.00. The first-order valence-electron chi connectivity index (χ1n) is 8.60. The van der Waals surface area contributed by atoms with Crippen molar-refractivity contribution in [3.63, 3.8) is 0 Å². The summed E-state index contributed by atoms with van der Waals surface area (Å²) < 4.78 is 5.42. The SMILES string of the molecule is CCc1c(-c2ccccc2C#N)[nH]c(C=O)c1C(=O)OCc1ccccc1. The summed E-state index contributed by atoms with van der Waals surface area (Å²) in [6, 6.07) is 18.5. The van der Waals surface area contributed by atoms with Crippen LogP contribution in [0.2, 0.25) is 0 Å². The highest BCUT2D eigenvalue weighted by Gasteiger charge is 2.24. The van der Waals surface area contributed by atoms with E-state index in [-0.39, 0.29) is 17.9 Å². The lowest BCUT2D eigenvalue weighted by molar-refractivity contribution is 0.0470. The molecule has 134 valence electrons. The van der Waals surface area contributed by atoms with Crippen LogP contribution in [0, 0.1) is 11.3 Å². The van der Waals surface area contributed by atoms with Gasteiger partial charge in [0.2, 0.25) is 0 Å². The van der Waals surface area contributed by atoms with Crippen LogP contribution in [-0.2, 0) is 17.8 Å². The fourth-order valence-corrected chi connectivity index (χ4v) is 3.06. The second-order valence-corrected chi connectivity index (χ2v) is 5.96. The number of aldehydes is 1. The lowest BCUT2D eigenvalue weighted by Gasteiger charge is -2.08. The molecule has 0 unspecified atom stereocenters. The van der Waals surface area contributed by atoms with Crippen molar-refractivity contribution in [2.75, 3.05) is 0 Å². The molecule has 0 amide bonds. The van der Waals surface area contributed by atoms with Gasteiger partial charge in [-0.3, -0.25) is 4.79 Å². The Kier molecular flexibility index (Phi) is 5.48. The normalized spacial score (nSPS) is 10.2. The van der Waals surface area contributed by atoms with Gasteiger partial charge in [0.25, 0.3) is 0 Å². The van der Waals surface area contributed by atoms with Crippen molar-refractivity contribution in [1.29, 1.82) is 5.26 Å². The molecule has 0 radical (unpaired) electrons. The first-order valence-corrected chi connectivity index (χ1v) is 8.60. The molecule has 3 rings (SSSR count). The number of nitrogens with one attached hydrogen (secondary N) is 1. The van der Waals surface area contributed by atoms with E-state index in [1.807, 2.05) is 43.3 Å². The highest BCUT2D eigenvalue weighted by molar-refractivity contribution is 6.01. The fraction of sp³-hybridized carbons (Fsp3) is 0.136. The van der Waals surface area contributed by atoms with Crippen LogP contribution >= 0.6 is 0 Å². The number of hydrogen-bond acceptors (Lipinski definition) is 4. The van der Waals surface area contributed by atoms with E-state index in [9.17, 15) is 14.9 Å². The predicted octanol–water partition coefficient (Wildman–Crippen LogP) is 4.29. The van der Waals surface area contributed by atoms with Gasteiger partial charge in [-0.1, -0.05) is 55.5 Å². The van der Waals surface area contributed by atoms with Crippen LogP contribution in [0.15, 0.2) is 54.6 Å². The van der Waals surface area contributed by atoms with E-state index >= 15 is 0 Å². The Morgan fingerprint density at radius 1 is 1.15 bits per heavy atom. The van der Waals surface area contributed by atoms with Crippen LogP contribution in [0.4, 0.5) is 0 Å². The Hall–Kier alpha value is -3.65. The maximum atomic E-state index is 12.7. The summed E-state index contributed by atoms with van der Waals surface area (Å²) in [6.45, 7) is 2.01. The number of nitrogens with zero attached hydrogens (tertiary/aromatic N) is 1. The van der Waals surface area contributed by atoms with Crippen molar-refractivity contribution in [3.8, 4) is 17.3 Å². The van der Waals surface area contributed by atoms with Crippen LogP contribution in [0.3, 0.4) is 0 Å². The third-order valence-corrected chi connectivity index (χ3v) is 4.34. The number of nitriles is 1. The topological polar surface area (TPSA) is 83.0 Å². The number of H-pyrrole nitrogens is 1. The molecule has 0 aliphatic rings. The van der Waals surface area contributed by atoms with Gasteiger partial charge in [0.1, 0.15) is 6.61 Å². The first-order chi connectivity index (χ1) is 13.2. The summed E-state index contributed by atoms with van der Waals surface area (Å²) in [7, 11) is 0. The molecule has 27 heavy (non-hydrogen) atoms. The predicted molar refractivity (Wildman–Crippen MR) is 101 cm³/mol. The molecular weight excluding hydrogens is 340 g/mol. The number of aromatic nitrogens is 1. The Morgan fingerprint density at radius 2 is 1.85 bits per heavy atom. The zero-order chi connectivity index (χ0) is 19.2. The van der Waals surface area contributed by atoms with Crippen molar-refractivity contribution >= 4 is 12.3 Å². The minimum atomic E-state index is -0.560. The highest BCUT2D eigenvalue weighted by Crippen LogP contribution is 2.31. The number of carbonyl (C=O) groups excluding carboxylic acids is 2. The molecule has 0 fully saturated rings. The Labute approximate surface area is 157 Å². The molecule has 0 aliphatic heterocycles. The molecule has 5 nitrogen and oxygen atoms in total. The van der Waals surface area contributed by atoms with Crippen LogP contribution in [0.25, 0.3) is 11.3 Å². The smallest absolute Gasteiger partial charge is 0.341 e. The summed E-state index contributed by atoms with van der Waals surface area (Å²) in [5.74, 6) is -0.560. The van der Waals surface area contributed by atoms with Gasteiger partial charge in [0.15, 0.2) is 6.29 Å². The quantitative estimate of drug-likeness (QED) is 0.526. The van der Waals surface area contributed by atoms with Crippen LogP contribution < -0.4 is 0 Å². The third-order valence-electron chi connectivity index (χ3n) is 4.34. The monoisotopic (exact) mass is 358 g/mol. The molecule has 3 aromatic rings. The van der Waals surface area contributed by atoms with Crippen molar-refractivity contribution in [2.24, 2.45) is 0 Å². The minimum Gasteiger partial charge on any atom is -0.457 e. The molecule has 0 bridgehead atoms. The van der Waals surface area contributed by atoms with Gasteiger partial charge >= 0.3 is 5.97 Å². The molecule has 0 spiro atoms. The second-order valence-electron chi connectivity index (χ2n) is 5.96. The van der Waals surface area contributed by atoms with Crippen molar-refractivity contribution in [1.82, 2.24) is 4.98 Å². The highest BCUT2D eigenvalue weighted by atomic mass is 16.5. The third kappa shape index (κ3) is 3.65.